The number of hydrogen-bond donors (Lipinski definition) is 0. The van der Waals surface area contributed by atoms with Gasteiger partial charge in [-0.1, -0.05) is 86.3 Å². The van der Waals surface area contributed by atoms with E-state index in [9.17, 15) is 0 Å². The summed E-state index contributed by atoms with van der Waals surface area (Å²) >= 11 is 0. The number of unbranched alkanes of at least 4 members (excludes halogenated alkanes) is 1. The summed E-state index contributed by atoms with van der Waals surface area (Å²) in [6.45, 7) is 19.1. The summed E-state index contributed by atoms with van der Waals surface area (Å²) in [5.74, 6) is 6.73. The monoisotopic (exact) mass is 428 g/mol. The smallest absolute Gasteiger partial charge is 0.00851 e. The fourth-order valence-corrected chi connectivity index (χ4v) is 8.78. The Bertz CT molecular complexity index is 597. The summed E-state index contributed by atoms with van der Waals surface area (Å²) in [6.07, 6.45) is 20.6. The first-order chi connectivity index (χ1) is 14.8. The third-order valence-electron chi connectivity index (χ3n) is 10.9. The normalized spacial score (nSPS) is 41.7. The van der Waals surface area contributed by atoms with Crippen LogP contribution >= 0.6 is 0 Å². The fourth-order valence-electron chi connectivity index (χ4n) is 8.78. The highest BCUT2D eigenvalue weighted by atomic mass is 14.6. The van der Waals surface area contributed by atoms with Crippen molar-refractivity contribution in [2.24, 2.45) is 52.3 Å². The van der Waals surface area contributed by atoms with Crippen LogP contribution in [0.1, 0.15) is 132 Å². The second kappa shape index (κ2) is 10.3. The average molecular weight is 429 g/mol. The molecule has 0 spiro atoms. The molecule has 0 N–H and O–H groups in total. The molecule has 7 atom stereocenters. The quantitative estimate of drug-likeness (QED) is 0.291. The van der Waals surface area contributed by atoms with E-state index in [0.29, 0.717) is 10.8 Å². The molecule has 4 aliphatic rings. The summed E-state index contributed by atoms with van der Waals surface area (Å²) in [4.78, 5) is 0. The van der Waals surface area contributed by atoms with Crippen molar-refractivity contribution >= 4 is 0 Å². The van der Waals surface area contributed by atoms with E-state index in [1.807, 2.05) is 19.4 Å². The van der Waals surface area contributed by atoms with Gasteiger partial charge in [-0.15, -0.1) is 0 Å². The highest BCUT2D eigenvalue weighted by Crippen LogP contribution is 2.67. The van der Waals surface area contributed by atoms with Crippen LogP contribution in [0.5, 0.6) is 0 Å². The molecular weight excluding hydrogens is 372 g/mol. The van der Waals surface area contributed by atoms with E-state index in [1.165, 1.54) is 70.6 Å². The van der Waals surface area contributed by atoms with Gasteiger partial charge in [0.2, 0.25) is 0 Å². The van der Waals surface area contributed by atoms with Crippen LogP contribution < -0.4 is 0 Å². The zero-order valence-corrected chi connectivity index (χ0v) is 22.6. The van der Waals surface area contributed by atoms with E-state index in [0.717, 1.165) is 41.4 Å². The molecule has 0 nitrogen and oxygen atoms in total. The zero-order valence-electron chi connectivity index (χ0n) is 22.6. The average Bonchev–Trinajstić information content (AvgIpc) is 3.08. The van der Waals surface area contributed by atoms with Crippen LogP contribution in [0.4, 0.5) is 0 Å². The van der Waals surface area contributed by atoms with Crippen LogP contribution in [0, 0.1) is 52.3 Å². The first kappa shape index (κ1) is 25.4. The Morgan fingerprint density at radius 2 is 1.65 bits per heavy atom. The van der Waals surface area contributed by atoms with Crippen LogP contribution in [-0.4, -0.2) is 0 Å². The third kappa shape index (κ3) is 4.84. The summed E-state index contributed by atoms with van der Waals surface area (Å²) in [5, 5.41) is 0. The first-order valence-corrected chi connectivity index (χ1v) is 14.4. The Kier molecular flexibility index (Phi) is 8.46. The van der Waals surface area contributed by atoms with Gasteiger partial charge in [0.05, 0.1) is 0 Å². The summed E-state index contributed by atoms with van der Waals surface area (Å²) in [7, 11) is 0. The van der Waals surface area contributed by atoms with Gasteiger partial charge < -0.3 is 0 Å². The van der Waals surface area contributed by atoms with E-state index < -0.39 is 0 Å². The van der Waals surface area contributed by atoms with E-state index in [1.54, 1.807) is 6.42 Å². The SMILES string of the molecule is CC.CC(C)CCCCC1CCC2C3CC=C4CC(C(C)C)CCC4(C)C3CCC12C. The van der Waals surface area contributed by atoms with Crippen molar-refractivity contribution in [3.63, 3.8) is 0 Å². The van der Waals surface area contributed by atoms with Crippen molar-refractivity contribution in [1.29, 1.82) is 0 Å². The van der Waals surface area contributed by atoms with Gasteiger partial charge in [0, 0.05) is 0 Å². The molecule has 0 aromatic rings. The lowest BCUT2D eigenvalue weighted by Gasteiger charge is -2.58. The van der Waals surface area contributed by atoms with Gasteiger partial charge >= 0.3 is 0 Å². The van der Waals surface area contributed by atoms with Gasteiger partial charge in [0.25, 0.3) is 0 Å². The molecule has 0 aliphatic heterocycles. The lowest BCUT2D eigenvalue weighted by molar-refractivity contribution is -0.0469. The zero-order chi connectivity index (χ0) is 22.8. The molecule has 31 heavy (non-hydrogen) atoms. The Labute approximate surface area is 196 Å². The minimum Gasteiger partial charge on any atom is -0.0845 e. The van der Waals surface area contributed by atoms with E-state index >= 15 is 0 Å². The van der Waals surface area contributed by atoms with Crippen LogP contribution in [0.3, 0.4) is 0 Å². The van der Waals surface area contributed by atoms with Gasteiger partial charge in [-0.05, 0) is 110 Å². The molecule has 4 rings (SSSR count). The number of allylic oxidation sites excluding steroid dienone is 2. The minimum atomic E-state index is 0.547. The maximum Gasteiger partial charge on any atom is -0.00851 e. The van der Waals surface area contributed by atoms with Crippen molar-refractivity contribution < 1.29 is 0 Å². The van der Waals surface area contributed by atoms with Crippen molar-refractivity contribution in [3.05, 3.63) is 11.6 Å². The topological polar surface area (TPSA) is 0 Å². The standard InChI is InChI=1S/C29H50.C2H6/c1-20(2)9-7-8-10-23-12-14-26-25-13-11-24-19-22(21(3)4)15-17-29(24,6)27(25)16-18-28(23,26)5;1-2/h11,20-23,25-27H,7-10,12-19H2,1-6H3;1-2H3. The van der Waals surface area contributed by atoms with Crippen LogP contribution in [0.15, 0.2) is 11.6 Å². The van der Waals surface area contributed by atoms with E-state index in [-0.39, 0.29) is 0 Å². The Morgan fingerprint density at radius 1 is 0.903 bits per heavy atom. The molecule has 0 heteroatoms. The Morgan fingerprint density at radius 3 is 2.32 bits per heavy atom. The molecule has 7 unspecified atom stereocenters. The van der Waals surface area contributed by atoms with E-state index in [2.05, 4.69) is 47.6 Å². The summed E-state index contributed by atoms with van der Waals surface area (Å²) in [5.41, 5.74) is 3.09. The third-order valence-corrected chi connectivity index (χ3v) is 10.9. The second-order valence-electron chi connectivity index (χ2n) is 13.0. The molecule has 180 valence electrons. The predicted molar refractivity (Wildman–Crippen MR) is 138 cm³/mol. The Balaban J connectivity index is 0.00000132. The van der Waals surface area contributed by atoms with Gasteiger partial charge in [-0.2, -0.15) is 0 Å². The number of hydrogen-bond acceptors (Lipinski definition) is 0. The van der Waals surface area contributed by atoms with Gasteiger partial charge in [-0.25, -0.2) is 0 Å². The minimum absolute atomic E-state index is 0.547. The molecule has 0 radical (unpaired) electrons. The maximum atomic E-state index is 2.78. The fraction of sp³-hybridized carbons (Fsp3) is 0.935. The van der Waals surface area contributed by atoms with E-state index in [4.69, 9.17) is 0 Å². The molecule has 0 bridgehead atoms. The van der Waals surface area contributed by atoms with Crippen molar-refractivity contribution in [1.82, 2.24) is 0 Å². The van der Waals surface area contributed by atoms with Gasteiger partial charge in [0.15, 0.2) is 0 Å². The highest BCUT2D eigenvalue weighted by molar-refractivity contribution is 5.25. The van der Waals surface area contributed by atoms with Crippen LogP contribution in [0.2, 0.25) is 0 Å². The first-order valence-electron chi connectivity index (χ1n) is 14.4. The second-order valence-corrected chi connectivity index (χ2v) is 13.0. The molecule has 3 fully saturated rings. The lowest BCUT2D eigenvalue weighted by atomic mass is 9.46. The molecule has 0 aromatic carbocycles. The van der Waals surface area contributed by atoms with Crippen LogP contribution in [0.25, 0.3) is 0 Å². The molecule has 0 aromatic heterocycles. The molecule has 0 heterocycles. The van der Waals surface area contributed by atoms with Gasteiger partial charge in [-0.3, -0.25) is 0 Å². The molecule has 0 saturated heterocycles. The maximum absolute atomic E-state index is 2.78. The van der Waals surface area contributed by atoms with Crippen molar-refractivity contribution in [2.75, 3.05) is 0 Å². The highest BCUT2D eigenvalue weighted by Gasteiger charge is 2.58. The van der Waals surface area contributed by atoms with Crippen molar-refractivity contribution in [2.45, 2.75) is 132 Å². The molecule has 4 aliphatic carbocycles. The molecular formula is C31H56. The molecule has 0 amide bonds. The largest absolute Gasteiger partial charge is 0.0845 e. The predicted octanol–water partition coefficient (Wildman–Crippen LogP) is 10.1. The molecule has 3 saturated carbocycles. The van der Waals surface area contributed by atoms with Gasteiger partial charge in [0.1, 0.15) is 0 Å². The lowest BCUT2D eigenvalue weighted by Crippen LogP contribution is -2.50. The van der Waals surface area contributed by atoms with Crippen molar-refractivity contribution in [3.8, 4) is 0 Å². The Hall–Kier alpha value is -0.260. The van der Waals surface area contributed by atoms with Crippen LogP contribution in [-0.2, 0) is 0 Å². The number of rotatable bonds is 6. The summed E-state index contributed by atoms with van der Waals surface area (Å²) in [6, 6.07) is 0. The number of fused-ring (bicyclic) bond motifs is 5. The summed E-state index contributed by atoms with van der Waals surface area (Å²) < 4.78 is 0.